The van der Waals surface area contributed by atoms with Gasteiger partial charge in [0, 0.05) is 12.3 Å². The zero-order chi connectivity index (χ0) is 13.1. The number of nitriles is 1. The molecule has 18 heavy (non-hydrogen) atoms. The highest BCUT2D eigenvalue weighted by molar-refractivity contribution is 6.30. The molecule has 4 nitrogen and oxygen atoms in total. The molecule has 1 heterocycles. The van der Waals surface area contributed by atoms with E-state index in [0.29, 0.717) is 0 Å². The van der Waals surface area contributed by atoms with Crippen LogP contribution in [0.4, 0.5) is 10.1 Å². The van der Waals surface area contributed by atoms with Crippen LogP contribution >= 0.6 is 11.6 Å². The first kappa shape index (κ1) is 12.1. The Bertz CT molecular complexity index is 640. The summed E-state index contributed by atoms with van der Waals surface area (Å²) in [7, 11) is 0. The molecule has 0 aliphatic carbocycles. The summed E-state index contributed by atoms with van der Waals surface area (Å²) in [6.45, 7) is 0. The van der Waals surface area contributed by atoms with Crippen LogP contribution in [0.25, 0.3) is 0 Å². The highest BCUT2D eigenvalue weighted by Gasteiger charge is 2.09. The van der Waals surface area contributed by atoms with Gasteiger partial charge in [0.1, 0.15) is 23.3 Å². The maximum atomic E-state index is 13.0. The summed E-state index contributed by atoms with van der Waals surface area (Å²) in [5.41, 5.74) is 6.08. The molecule has 2 N–H and O–H groups in total. The second kappa shape index (κ2) is 4.90. The lowest BCUT2D eigenvalue weighted by atomic mass is 10.2. The number of nitrogens with two attached hydrogens (primary N) is 1. The molecule has 0 atom stereocenters. The number of rotatable bonds is 2. The topological polar surface area (TPSA) is 71.9 Å². The van der Waals surface area contributed by atoms with Crippen molar-refractivity contribution in [3.63, 3.8) is 0 Å². The molecule has 0 saturated heterocycles. The Hall–Kier alpha value is -2.32. The highest BCUT2D eigenvalue weighted by atomic mass is 35.5. The molecule has 90 valence electrons. The van der Waals surface area contributed by atoms with Crippen molar-refractivity contribution in [1.82, 2.24) is 4.98 Å². The first-order valence-corrected chi connectivity index (χ1v) is 5.27. The van der Waals surface area contributed by atoms with Crippen LogP contribution in [0.2, 0.25) is 5.02 Å². The van der Waals surface area contributed by atoms with Crippen LogP contribution in [0.3, 0.4) is 0 Å². The van der Waals surface area contributed by atoms with Gasteiger partial charge in [-0.25, -0.2) is 9.37 Å². The van der Waals surface area contributed by atoms with E-state index in [-0.39, 0.29) is 27.9 Å². The molecule has 0 fully saturated rings. The van der Waals surface area contributed by atoms with Crippen molar-refractivity contribution in [3.05, 3.63) is 46.9 Å². The Morgan fingerprint density at radius 2 is 2.17 bits per heavy atom. The van der Waals surface area contributed by atoms with Crippen LogP contribution in [0.15, 0.2) is 30.5 Å². The van der Waals surface area contributed by atoms with E-state index in [1.165, 1.54) is 30.5 Å². The fourth-order valence-electron chi connectivity index (χ4n) is 1.28. The van der Waals surface area contributed by atoms with Gasteiger partial charge in [-0.1, -0.05) is 11.6 Å². The molecule has 2 rings (SSSR count). The summed E-state index contributed by atoms with van der Waals surface area (Å²) < 4.78 is 18.3. The summed E-state index contributed by atoms with van der Waals surface area (Å²) >= 11 is 5.62. The van der Waals surface area contributed by atoms with Crippen LogP contribution in [0, 0.1) is 17.1 Å². The Labute approximate surface area is 107 Å². The van der Waals surface area contributed by atoms with E-state index >= 15 is 0 Å². The molecule has 1 aromatic carbocycles. The molecule has 0 radical (unpaired) electrons. The maximum Gasteiger partial charge on any atom is 0.244 e. The van der Waals surface area contributed by atoms with Crippen molar-refractivity contribution in [1.29, 1.82) is 5.26 Å². The third kappa shape index (κ3) is 2.34. The van der Waals surface area contributed by atoms with Crippen molar-refractivity contribution in [2.45, 2.75) is 0 Å². The number of nitrogen functional groups attached to an aromatic ring is 1. The number of ether oxygens (including phenoxy) is 1. The number of aromatic nitrogens is 1. The standard InChI is InChI=1S/C12H7ClFN3O/c13-9-5-8(1-2-10(9)14)18-12-11(16)7(6-15)3-4-17-12/h1-5H,16H2. The van der Waals surface area contributed by atoms with Crippen molar-refractivity contribution < 1.29 is 9.13 Å². The molecule has 0 spiro atoms. The number of nitrogens with zero attached hydrogens (tertiary/aromatic N) is 2. The van der Waals surface area contributed by atoms with Crippen LogP contribution < -0.4 is 10.5 Å². The van der Waals surface area contributed by atoms with E-state index < -0.39 is 5.82 Å². The van der Waals surface area contributed by atoms with Gasteiger partial charge in [-0.15, -0.1) is 0 Å². The SMILES string of the molecule is N#Cc1ccnc(Oc2ccc(F)c(Cl)c2)c1N. The summed E-state index contributed by atoms with van der Waals surface area (Å²) in [5, 5.41) is 8.74. The second-order valence-corrected chi connectivity index (χ2v) is 3.77. The van der Waals surface area contributed by atoms with Crippen molar-refractivity contribution >= 4 is 17.3 Å². The lowest BCUT2D eigenvalue weighted by molar-refractivity contribution is 0.464. The van der Waals surface area contributed by atoms with Gasteiger partial charge < -0.3 is 10.5 Å². The van der Waals surface area contributed by atoms with Crippen LogP contribution in [0.5, 0.6) is 11.6 Å². The minimum absolute atomic E-state index is 0.0671. The summed E-state index contributed by atoms with van der Waals surface area (Å²) in [6.07, 6.45) is 1.40. The lowest BCUT2D eigenvalue weighted by Crippen LogP contribution is -1.97. The molecule has 0 aliphatic rings. The monoisotopic (exact) mass is 263 g/mol. The van der Waals surface area contributed by atoms with Crippen LogP contribution in [-0.2, 0) is 0 Å². The van der Waals surface area contributed by atoms with E-state index in [9.17, 15) is 4.39 Å². The average Bonchev–Trinajstić information content (AvgIpc) is 2.36. The van der Waals surface area contributed by atoms with E-state index in [2.05, 4.69) is 4.98 Å². The molecular formula is C12H7ClFN3O. The van der Waals surface area contributed by atoms with Gasteiger partial charge in [0.15, 0.2) is 0 Å². The van der Waals surface area contributed by atoms with E-state index in [1.54, 1.807) is 0 Å². The number of anilines is 1. The molecule has 0 aliphatic heterocycles. The number of halogens is 2. The largest absolute Gasteiger partial charge is 0.437 e. The molecule has 2 aromatic rings. The quantitative estimate of drug-likeness (QED) is 0.903. The first-order valence-electron chi connectivity index (χ1n) is 4.89. The highest BCUT2D eigenvalue weighted by Crippen LogP contribution is 2.29. The van der Waals surface area contributed by atoms with Gasteiger partial charge in [0.05, 0.1) is 10.6 Å². The Balaban J connectivity index is 2.35. The predicted octanol–water partition coefficient (Wildman–Crippen LogP) is 3.12. The smallest absolute Gasteiger partial charge is 0.244 e. The molecular weight excluding hydrogens is 257 g/mol. The van der Waals surface area contributed by atoms with Gasteiger partial charge in [-0.3, -0.25) is 0 Å². The molecule has 6 heteroatoms. The third-order valence-corrected chi connectivity index (χ3v) is 2.47. The van der Waals surface area contributed by atoms with Gasteiger partial charge in [-0.2, -0.15) is 5.26 Å². The summed E-state index contributed by atoms with van der Waals surface area (Å²) in [5.74, 6) is -0.178. The number of benzene rings is 1. The average molecular weight is 264 g/mol. The van der Waals surface area contributed by atoms with Crippen molar-refractivity contribution in [2.75, 3.05) is 5.73 Å². The normalized spacial score (nSPS) is 9.83. The molecule has 0 bridgehead atoms. The number of hydrogen-bond donors (Lipinski definition) is 1. The zero-order valence-corrected chi connectivity index (χ0v) is 9.78. The van der Waals surface area contributed by atoms with Gasteiger partial charge in [-0.05, 0) is 18.2 Å². The fraction of sp³-hybridized carbons (Fsp3) is 0. The minimum Gasteiger partial charge on any atom is -0.437 e. The molecule has 0 amide bonds. The fourth-order valence-corrected chi connectivity index (χ4v) is 1.46. The zero-order valence-electron chi connectivity index (χ0n) is 9.02. The minimum atomic E-state index is -0.546. The number of hydrogen-bond acceptors (Lipinski definition) is 4. The lowest BCUT2D eigenvalue weighted by Gasteiger charge is -2.08. The van der Waals surface area contributed by atoms with Crippen molar-refractivity contribution in [2.24, 2.45) is 0 Å². The molecule has 0 unspecified atom stereocenters. The number of pyridine rings is 1. The Morgan fingerprint density at radius 1 is 1.39 bits per heavy atom. The summed E-state index contributed by atoms with van der Waals surface area (Å²) in [6, 6.07) is 7.24. The van der Waals surface area contributed by atoms with Crippen molar-refractivity contribution in [3.8, 4) is 17.7 Å². The molecule has 0 saturated carbocycles. The van der Waals surface area contributed by atoms with Crippen LogP contribution in [0.1, 0.15) is 5.56 Å². The van der Waals surface area contributed by atoms with Gasteiger partial charge >= 0.3 is 0 Å². The first-order chi connectivity index (χ1) is 8.61. The van der Waals surface area contributed by atoms with E-state index in [4.69, 9.17) is 27.3 Å². The van der Waals surface area contributed by atoms with Crippen LogP contribution in [-0.4, -0.2) is 4.98 Å². The van der Waals surface area contributed by atoms with Gasteiger partial charge in [0.25, 0.3) is 0 Å². The van der Waals surface area contributed by atoms with E-state index in [1.807, 2.05) is 6.07 Å². The van der Waals surface area contributed by atoms with Gasteiger partial charge in [0.2, 0.25) is 5.88 Å². The predicted molar refractivity (Wildman–Crippen MR) is 64.8 cm³/mol. The third-order valence-electron chi connectivity index (χ3n) is 2.18. The summed E-state index contributed by atoms with van der Waals surface area (Å²) in [4.78, 5) is 3.90. The van der Waals surface area contributed by atoms with E-state index in [0.717, 1.165) is 0 Å². The molecule has 1 aromatic heterocycles. The maximum absolute atomic E-state index is 13.0. The Kier molecular flexibility index (Phi) is 3.31. The Morgan fingerprint density at radius 3 is 2.83 bits per heavy atom. The second-order valence-electron chi connectivity index (χ2n) is 3.37.